The zero-order valence-electron chi connectivity index (χ0n) is 28.5. The Hall–Kier alpha value is -7.17. The van der Waals surface area contributed by atoms with E-state index in [1.54, 1.807) is 0 Å². The van der Waals surface area contributed by atoms with Crippen molar-refractivity contribution < 1.29 is 8.83 Å². The Morgan fingerprint density at radius 1 is 0.415 bits per heavy atom. The highest BCUT2D eigenvalue weighted by atomic mass is 16.3. The third-order valence-electron chi connectivity index (χ3n) is 10.4. The smallest absolute Gasteiger partial charge is 0.227 e. The van der Waals surface area contributed by atoms with Gasteiger partial charge in [-0.15, -0.1) is 0 Å². The Kier molecular flexibility index (Phi) is 6.52. The monoisotopic (exact) mass is 678 g/mol. The SMILES string of the molecule is c1ccc(-c2nc3ccc4cc(-c5ccccc5)c5ccc(N(c6ccc7c(c6)oc6ccccc67)c6cccc7ccccc67)cc5c4c3o2)cc1. The Morgan fingerprint density at radius 3 is 1.94 bits per heavy atom. The lowest BCUT2D eigenvalue weighted by Crippen LogP contribution is -2.10. The number of anilines is 3. The number of rotatable bonds is 5. The van der Waals surface area contributed by atoms with Gasteiger partial charge in [0.05, 0.1) is 5.69 Å². The summed E-state index contributed by atoms with van der Waals surface area (Å²) in [5.41, 5.74) is 9.74. The van der Waals surface area contributed by atoms with Gasteiger partial charge in [-0.2, -0.15) is 0 Å². The molecule has 0 saturated carbocycles. The average molecular weight is 679 g/mol. The molecule has 0 bridgehead atoms. The van der Waals surface area contributed by atoms with Gasteiger partial charge in [-0.3, -0.25) is 0 Å². The molecule has 0 radical (unpaired) electrons. The van der Waals surface area contributed by atoms with Crippen molar-refractivity contribution in [3.05, 3.63) is 182 Å². The molecular weight excluding hydrogens is 649 g/mol. The third-order valence-corrected chi connectivity index (χ3v) is 10.4. The summed E-state index contributed by atoms with van der Waals surface area (Å²) in [5, 5.41) is 8.92. The maximum atomic E-state index is 6.69. The number of fused-ring (bicyclic) bond motifs is 9. The second-order valence-electron chi connectivity index (χ2n) is 13.5. The molecule has 0 amide bonds. The van der Waals surface area contributed by atoms with Gasteiger partial charge in [0.25, 0.3) is 0 Å². The van der Waals surface area contributed by atoms with Crippen LogP contribution in [-0.2, 0) is 0 Å². The minimum Gasteiger partial charge on any atom is -0.456 e. The number of furan rings is 1. The van der Waals surface area contributed by atoms with E-state index in [2.05, 4.69) is 144 Å². The molecule has 0 saturated heterocycles. The predicted molar refractivity (Wildman–Crippen MR) is 219 cm³/mol. The first-order valence-electron chi connectivity index (χ1n) is 17.9. The fourth-order valence-electron chi connectivity index (χ4n) is 8.00. The molecule has 0 spiro atoms. The molecule has 0 unspecified atom stereocenters. The van der Waals surface area contributed by atoms with Crippen LogP contribution in [0.25, 0.3) is 87.9 Å². The predicted octanol–water partition coefficient (Wildman–Crippen LogP) is 14.0. The second-order valence-corrected chi connectivity index (χ2v) is 13.5. The molecule has 0 aliphatic heterocycles. The van der Waals surface area contributed by atoms with E-state index in [9.17, 15) is 0 Å². The molecule has 2 aromatic heterocycles. The Bertz CT molecular complexity index is 3170. The summed E-state index contributed by atoms with van der Waals surface area (Å²) in [6.45, 7) is 0. The minimum absolute atomic E-state index is 0.612. The van der Waals surface area contributed by atoms with Gasteiger partial charge in [0.2, 0.25) is 5.89 Å². The van der Waals surface area contributed by atoms with Crippen LogP contribution in [0.3, 0.4) is 0 Å². The van der Waals surface area contributed by atoms with E-state index in [-0.39, 0.29) is 0 Å². The van der Waals surface area contributed by atoms with Gasteiger partial charge in [0, 0.05) is 44.5 Å². The van der Waals surface area contributed by atoms with Gasteiger partial charge in [-0.1, -0.05) is 115 Å². The molecule has 2 heterocycles. The van der Waals surface area contributed by atoms with Gasteiger partial charge >= 0.3 is 0 Å². The number of aromatic nitrogens is 1. The first-order valence-corrected chi connectivity index (χ1v) is 17.9. The summed E-state index contributed by atoms with van der Waals surface area (Å²) in [6.07, 6.45) is 0. The molecule has 0 fully saturated rings. The topological polar surface area (TPSA) is 42.4 Å². The van der Waals surface area contributed by atoms with E-state index >= 15 is 0 Å². The first kappa shape index (κ1) is 29.5. The lowest BCUT2D eigenvalue weighted by Gasteiger charge is -2.27. The summed E-state index contributed by atoms with van der Waals surface area (Å²) in [7, 11) is 0. The van der Waals surface area contributed by atoms with Gasteiger partial charge < -0.3 is 13.7 Å². The number of hydrogen-bond donors (Lipinski definition) is 0. The van der Waals surface area contributed by atoms with Crippen molar-refractivity contribution in [1.29, 1.82) is 0 Å². The third kappa shape index (κ3) is 4.73. The number of para-hydroxylation sites is 1. The van der Waals surface area contributed by atoms with E-state index in [1.165, 1.54) is 10.9 Å². The number of oxazole rings is 1. The van der Waals surface area contributed by atoms with Crippen LogP contribution in [0.15, 0.2) is 191 Å². The highest BCUT2D eigenvalue weighted by molar-refractivity contribution is 6.22. The molecule has 11 aromatic rings. The summed E-state index contributed by atoms with van der Waals surface area (Å²) in [4.78, 5) is 7.32. The van der Waals surface area contributed by atoms with Crippen molar-refractivity contribution in [2.24, 2.45) is 0 Å². The number of benzene rings is 9. The normalized spacial score (nSPS) is 11.8. The maximum Gasteiger partial charge on any atom is 0.227 e. The van der Waals surface area contributed by atoms with E-state index in [1.807, 2.05) is 42.5 Å². The van der Waals surface area contributed by atoms with Crippen LogP contribution in [0.1, 0.15) is 0 Å². The molecule has 0 N–H and O–H groups in total. The van der Waals surface area contributed by atoms with Crippen molar-refractivity contribution in [2.75, 3.05) is 4.90 Å². The fourth-order valence-corrected chi connectivity index (χ4v) is 8.00. The van der Waals surface area contributed by atoms with Crippen LogP contribution in [-0.4, -0.2) is 4.98 Å². The van der Waals surface area contributed by atoms with Crippen molar-refractivity contribution in [3.63, 3.8) is 0 Å². The number of hydrogen-bond acceptors (Lipinski definition) is 4. The highest BCUT2D eigenvalue weighted by Crippen LogP contribution is 2.45. The summed E-state index contributed by atoms with van der Waals surface area (Å²) in [5.74, 6) is 0.612. The zero-order chi connectivity index (χ0) is 34.9. The van der Waals surface area contributed by atoms with Crippen molar-refractivity contribution in [2.45, 2.75) is 0 Å². The summed E-state index contributed by atoms with van der Waals surface area (Å²) < 4.78 is 13.1. The highest BCUT2D eigenvalue weighted by Gasteiger charge is 2.21. The van der Waals surface area contributed by atoms with Crippen molar-refractivity contribution >= 4 is 82.4 Å². The maximum absolute atomic E-state index is 6.69. The minimum atomic E-state index is 0.612. The molecule has 11 rings (SSSR count). The van der Waals surface area contributed by atoms with Crippen LogP contribution < -0.4 is 4.90 Å². The van der Waals surface area contributed by atoms with E-state index in [0.717, 1.165) is 88.2 Å². The van der Waals surface area contributed by atoms with Gasteiger partial charge in [-0.25, -0.2) is 4.98 Å². The van der Waals surface area contributed by atoms with Crippen LogP contribution in [0, 0.1) is 0 Å². The molecule has 0 aliphatic rings. The Balaban J connectivity index is 1.22. The van der Waals surface area contributed by atoms with E-state index in [4.69, 9.17) is 13.8 Å². The standard InChI is InChI=1S/C49H30N2O2/c1-3-12-32(13-4-1)41-28-34-22-27-43-48(53-49(50-43)33-15-5-2-6-16-33)47(34)42-29-35(23-25-38(41)42)51(44-20-11-17-31-14-7-8-18-37(31)44)36-24-26-40-39-19-9-10-21-45(39)52-46(40)30-36/h1-30H. The molecule has 9 aromatic carbocycles. The lowest BCUT2D eigenvalue weighted by molar-refractivity contribution is 0.623. The second kappa shape index (κ2) is 11.7. The molecular formula is C49H30N2O2. The Labute approximate surface area is 304 Å². The molecule has 4 heteroatoms. The van der Waals surface area contributed by atoms with Gasteiger partial charge in [0.1, 0.15) is 16.7 Å². The summed E-state index contributed by atoms with van der Waals surface area (Å²) >= 11 is 0. The molecule has 0 atom stereocenters. The fraction of sp³-hybridized carbons (Fsp3) is 0. The first-order chi connectivity index (χ1) is 26.3. The quantitative estimate of drug-likeness (QED) is 0.170. The van der Waals surface area contributed by atoms with Crippen molar-refractivity contribution in [1.82, 2.24) is 4.98 Å². The van der Waals surface area contributed by atoms with Crippen molar-refractivity contribution in [3.8, 4) is 22.6 Å². The van der Waals surface area contributed by atoms with Gasteiger partial charge in [-0.05, 0) is 93.3 Å². The van der Waals surface area contributed by atoms with Crippen LogP contribution in [0.2, 0.25) is 0 Å². The zero-order valence-corrected chi connectivity index (χ0v) is 28.5. The summed E-state index contributed by atoms with van der Waals surface area (Å²) in [6, 6.07) is 64.0. The van der Waals surface area contributed by atoms with Crippen LogP contribution in [0.5, 0.6) is 0 Å². The number of nitrogens with zero attached hydrogens (tertiary/aromatic N) is 2. The van der Waals surface area contributed by atoms with E-state index < -0.39 is 0 Å². The van der Waals surface area contributed by atoms with Crippen LogP contribution in [0.4, 0.5) is 17.1 Å². The molecule has 0 aliphatic carbocycles. The van der Waals surface area contributed by atoms with Crippen LogP contribution >= 0.6 is 0 Å². The average Bonchev–Trinajstić information content (AvgIpc) is 3.83. The largest absolute Gasteiger partial charge is 0.456 e. The lowest BCUT2D eigenvalue weighted by atomic mass is 9.92. The van der Waals surface area contributed by atoms with E-state index in [0.29, 0.717) is 5.89 Å². The molecule has 4 nitrogen and oxygen atoms in total. The molecule has 248 valence electrons. The van der Waals surface area contributed by atoms with Gasteiger partial charge in [0.15, 0.2) is 5.58 Å². The Morgan fingerprint density at radius 2 is 1.09 bits per heavy atom. The molecule has 53 heavy (non-hydrogen) atoms.